The molecule has 0 bridgehead atoms. The van der Waals surface area contributed by atoms with E-state index in [-0.39, 0.29) is 12.6 Å². The topological polar surface area (TPSA) is 69.6 Å². The lowest BCUT2D eigenvalue weighted by atomic mass is 10.1. The van der Waals surface area contributed by atoms with Crippen LogP contribution >= 0.6 is 11.8 Å². The molecule has 5 nitrogen and oxygen atoms in total. The average molecular weight is 325 g/mol. The van der Waals surface area contributed by atoms with Gasteiger partial charge in [0.25, 0.3) is 10.2 Å². The van der Waals surface area contributed by atoms with Crippen LogP contribution in [0.3, 0.4) is 0 Å². The minimum Gasteiger partial charge on any atom is -0.395 e. The number of hydrogen-bond donors (Lipinski definition) is 2. The molecule has 0 aliphatic carbocycles. The van der Waals surface area contributed by atoms with Gasteiger partial charge < -0.3 is 5.11 Å². The van der Waals surface area contributed by atoms with Gasteiger partial charge in [-0.1, -0.05) is 19.3 Å². The molecule has 1 rings (SSSR count). The van der Waals surface area contributed by atoms with Crippen molar-refractivity contribution < 1.29 is 13.5 Å². The fourth-order valence-electron chi connectivity index (χ4n) is 2.48. The number of nitrogens with zero attached hydrogens (tertiary/aromatic N) is 1. The van der Waals surface area contributed by atoms with Crippen LogP contribution in [0, 0.1) is 0 Å². The first-order valence-electron chi connectivity index (χ1n) is 7.48. The van der Waals surface area contributed by atoms with Gasteiger partial charge in [0.15, 0.2) is 0 Å². The molecule has 1 aliphatic heterocycles. The van der Waals surface area contributed by atoms with Crippen molar-refractivity contribution in [2.45, 2.75) is 51.0 Å². The molecule has 120 valence electrons. The normalized spacial score (nSPS) is 21.2. The van der Waals surface area contributed by atoms with Crippen LogP contribution in [-0.2, 0) is 10.2 Å². The summed E-state index contributed by atoms with van der Waals surface area (Å²) in [6.45, 7) is 0.931. The van der Waals surface area contributed by atoms with E-state index < -0.39 is 10.2 Å². The maximum Gasteiger partial charge on any atom is 0.279 e. The highest BCUT2D eigenvalue weighted by atomic mass is 32.2. The second-order valence-electron chi connectivity index (χ2n) is 5.25. The van der Waals surface area contributed by atoms with Crippen LogP contribution in [0.15, 0.2) is 0 Å². The Morgan fingerprint density at radius 3 is 2.70 bits per heavy atom. The van der Waals surface area contributed by atoms with E-state index in [9.17, 15) is 13.5 Å². The molecule has 0 aromatic carbocycles. The van der Waals surface area contributed by atoms with Crippen LogP contribution in [0.25, 0.3) is 0 Å². The monoisotopic (exact) mass is 324 g/mol. The van der Waals surface area contributed by atoms with E-state index in [2.05, 4.69) is 11.0 Å². The molecule has 0 radical (unpaired) electrons. The van der Waals surface area contributed by atoms with Crippen LogP contribution in [0.5, 0.6) is 0 Å². The Kier molecular flexibility index (Phi) is 9.11. The first-order chi connectivity index (χ1) is 9.61. The minimum atomic E-state index is -3.42. The highest BCUT2D eigenvalue weighted by molar-refractivity contribution is 7.98. The number of aliphatic hydroxyl groups excluding tert-OH is 1. The van der Waals surface area contributed by atoms with E-state index in [1.165, 1.54) is 16.5 Å². The molecule has 1 unspecified atom stereocenters. The molecule has 0 aromatic heterocycles. The molecule has 1 fully saturated rings. The van der Waals surface area contributed by atoms with Crippen molar-refractivity contribution in [3.63, 3.8) is 0 Å². The molecule has 1 heterocycles. The van der Waals surface area contributed by atoms with E-state index in [1.54, 1.807) is 0 Å². The van der Waals surface area contributed by atoms with Gasteiger partial charge in [-0.15, -0.1) is 0 Å². The first kappa shape index (κ1) is 18.2. The van der Waals surface area contributed by atoms with Crippen molar-refractivity contribution in [1.82, 2.24) is 9.03 Å². The molecule has 0 spiro atoms. The Morgan fingerprint density at radius 2 is 2.00 bits per heavy atom. The molecule has 1 atom stereocenters. The largest absolute Gasteiger partial charge is 0.395 e. The van der Waals surface area contributed by atoms with Crippen molar-refractivity contribution in [2.24, 2.45) is 0 Å². The smallest absolute Gasteiger partial charge is 0.279 e. The molecule has 0 aromatic rings. The summed E-state index contributed by atoms with van der Waals surface area (Å²) in [5.41, 5.74) is 0. The molecule has 0 amide bonds. The van der Waals surface area contributed by atoms with Crippen molar-refractivity contribution in [1.29, 1.82) is 0 Å². The van der Waals surface area contributed by atoms with Gasteiger partial charge in [-0.3, -0.25) is 0 Å². The van der Waals surface area contributed by atoms with E-state index in [0.717, 1.165) is 38.5 Å². The zero-order valence-electron chi connectivity index (χ0n) is 12.4. The lowest BCUT2D eigenvalue weighted by molar-refractivity contribution is 0.154. The number of hydrogen-bond acceptors (Lipinski definition) is 4. The van der Waals surface area contributed by atoms with Gasteiger partial charge in [-0.25, -0.2) is 4.72 Å². The number of nitrogens with one attached hydrogen (secondary N) is 1. The van der Waals surface area contributed by atoms with E-state index in [0.29, 0.717) is 13.1 Å². The van der Waals surface area contributed by atoms with Gasteiger partial charge in [0.1, 0.15) is 0 Å². The van der Waals surface area contributed by atoms with Gasteiger partial charge >= 0.3 is 0 Å². The molecule has 1 saturated heterocycles. The zero-order chi connectivity index (χ0) is 14.8. The predicted octanol–water partition coefficient (Wildman–Crippen LogP) is 1.59. The molecule has 0 saturated carbocycles. The molecular weight excluding hydrogens is 296 g/mol. The maximum atomic E-state index is 12.2. The minimum absolute atomic E-state index is 0.0877. The number of thioether (sulfide) groups is 1. The fraction of sp³-hybridized carbons (Fsp3) is 1.00. The predicted molar refractivity (Wildman–Crippen MR) is 85.2 cm³/mol. The number of aliphatic hydroxyl groups is 1. The van der Waals surface area contributed by atoms with Crippen molar-refractivity contribution >= 4 is 22.0 Å². The van der Waals surface area contributed by atoms with Crippen LogP contribution in [0.2, 0.25) is 0 Å². The van der Waals surface area contributed by atoms with E-state index in [1.807, 2.05) is 11.8 Å². The maximum absolute atomic E-state index is 12.2. The lowest BCUT2D eigenvalue weighted by Gasteiger charge is -2.33. The van der Waals surface area contributed by atoms with Crippen LogP contribution in [0.4, 0.5) is 0 Å². The van der Waals surface area contributed by atoms with Gasteiger partial charge in [0.2, 0.25) is 0 Å². The third kappa shape index (κ3) is 6.30. The van der Waals surface area contributed by atoms with E-state index >= 15 is 0 Å². The van der Waals surface area contributed by atoms with Crippen LogP contribution in [0.1, 0.15) is 44.9 Å². The van der Waals surface area contributed by atoms with Crippen LogP contribution < -0.4 is 4.72 Å². The molecule has 2 N–H and O–H groups in total. The number of rotatable bonds is 10. The SMILES string of the molecule is CSCCCCCCNS(=O)(=O)N1CCCCC1CO. The molecule has 1 aliphatic rings. The Hall–Kier alpha value is 0.180. The summed E-state index contributed by atoms with van der Waals surface area (Å²) in [4.78, 5) is 0. The van der Waals surface area contributed by atoms with Gasteiger partial charge in [0, 0.05) is 19.1 Å². The van der Waals surface area contributed by atoms with E-state index in [4.69, 9.17) is 0 Å². The third-order valence-corrected chi connectivity index (χ3v) is 6.02. The van der Waals surface area contributed by atoms with Gasteiger partial charge in [0.05, 0.1) is 6.61 Å². The summed E-state index contributed by atoms with van der Waals surface area (Å²) in [6, 6.07) is -0.247. The standard InChI is InChI=1S/C13H28N2O3S2/c1-19-11-7-3-2-5-9-14-20(17,18)15-10-6-4-8-13(15)12-16/h13-14,16H,2-12H2,1H3. The lowest BCUT2D eigenvalue weighted by Crippen LogP contribution is -2.50. The summed E-state index contributed by atoms with van der Waals surface area (Å²) in [5, 5.41) is 9.28. The third-order valence-electron chi connectivity index (χ3n) is 3.65. The summed E-state index contributed by atoms with van der Waals surface area (Å²) in [5.74, 6) is 1.18. The summed E-state index contributed by atoms with van der Waals surface area (Å²) < 4.78 is 28.5. The van der Waals surface area contributed by atoms with Crippen molar-refractivity contribution in [3.05, 3.63) is 0 Å². The first-order valence-corrected chi connectivity index (χ1v) is 10.3. The highest BCUT2D eigenvalue weighted by Gasteiger charge is 2.31. The second kappa shape index (κ2) is 10.00. The number of piperidine rings is 1. The fourth-order valence-corrected chi connectivity index (χ4v) is 4.48. The zero-order valence-corrected chi connectivity index (χ0v) is 14.0. The summed E-state index contributed by atoms with van der Waals surface area (Å²) >= 11 is 1.85. The Morgan fingerprint density at radius 1 is 1.25 bits per heavy atom. The molecule has 7 heteroatoms. The Labute approximate surface area is 127 Å². The van der Waals surface area contributed by atoms with Crippen molar-refractivity contribution in [3.8, 4) is 0 Å². The van der Waals surface area contributed by atoms with Crippen molar-refractivity contribution in [2.75, 3.05) is 31.7 Å². The van der Waals surface area contributed by atoms with Gasteiger partial charge in [-0.05, 0) is 37.7 Å². The summed E-state index contributed by atoms with van der Waals surface area (Å²) in [6.07, 6.45) is 9.03. The molecular formula is C13H28N2O3S2. The molecule has 20 heavy (non-hydrogen) atoms. The Bertz CT molecular complexity index is 350. The Balaban J connectivity index is 2.26. The number of unbranched alkanes of at least 4 members (excludes halogenated alkanes) is 3. The quantitative estimate of drug-likeness (QED) is 0.599. The average Bonchev–Trinajstić information content (AvgIpc) is 2.46. The van der Waals surface area contributed by atoms with Crippen LogP contribution in [-0.4, -0.2) is 55.6 Å². The van der Waals surface area contributed by atoms with Gasteiger partial charge in [-0.2, -0.15) is 24.5 Å². The highest BCUT2D eigenvalue weighted by Crippen LogP contribution is 2.19. The second-order valence-corrected chi connectivity index (χ2v) is 7.94. The summed E-state index contributed by atoms with van der Waals surface area (Å²) in [7, 11) is -3.42.